The van der Waals surface area contributed by atoms with E-state index in [9.17, 15) is 14.7 Å². The molecule has 2 heterocycles. The summed E-state index contributed by atoms with van der Waals surface area (Å²) in [6.45, 7) is -0.439. The maximum absolute atomic E-state index is 12.8. The Morgan fingerprint density at radius 1 is 1.38 bits per heavy atom. The number of hydrogen-bond acceptors (Lipinski definition) is 5. The van der Waals surface area contributed by atoms with Gasteiger partial charge in [0.15, 0.2) is 0 Å². The number of H-pyrrole nitrogens is 1. The van der Waals surface area contributed by atoms with Crippen LogP contribution in [-0.4, -0.2) is 52.5 Å². The summed E-state index contributed by atoms with van der Waals surface area (Å²) in [4.78, 5) is 30.1. The smallest absolute Gasteiger partial charge is 0.242 e. The van der Waals surface area contributed by atoms with Gasteiger partial charge in [-0.25, -0.2) is 0 Å². The first-order chi connectivity index (χ1) is 14.8. The third kappa shape index (κ3) is 4.62. The summed E-state index contributed by atoms with van der Waals surface area (Å²) in [7, 11) is 1.65. The van der Waals surface area contributed by atoms with Crippen molar-refractivity contribution in [2.75, 3.05) is 13.7 Å². The number of thiophene rings is 1. The van der Waals surface area contributed by atoms with Crippen molar-refractivity contribution in [2.45, 2.75) is 31.0 Å². The number of hydrogen-bond donors (Lipinski definition) is 4. The van der Waals surface area contributed by atoms with Crippen molar-refractivity contribution in [1.29, 1.82) is 0 Å². The van der Waals surface area contributed by atoms with Crippen LogP contribution in [0, 0.1) is 0 Å². The highest BCUT2D eigenvalue weighted by molar-refractivity contribution is 7.23. The number of aromatic amines is 1. The van der Waals surface area contributed by atoms with Crippen LogP contribution in [0.2, 0.25) is 9.36 Å². The van der Waals surface area contributed by atoms with E-state index in [0.29, 0.717) is 15.8 Å². The standard InChI is InChI=1S/C21H22Cl2N4O3S.ClH/c1-27(21(30)13(24)9-28)19-12-5-3-2-4-10(12)6-14(19)26-16(29)8-11-7-15-18(25-11)17(22)20(23)31-15;/h2-5,7,13-14,19,25,28H,6,8-9,24H2,1H3,(H,26,29);1H/t13-,14+,19+;/m0./s1. The summed E-state index contributed by atoms with van der Waals surface area (Å²) in [5, 5.41) is 12.8. The Hall–Kier alpha value is -1.81. The molecule has 0 fully saturated rings. The Morgan fingerprint density at radius 3 is 2.78 bits per heavy atom. The number of nitrogens with zero attached hydrogens (tertiary/aromatic N) is 1. The van der Waals surface area contributed by atoms with E-state index in [1.165, 1.54) is 16.2 Å². The Labute approximate surface area is 205 Å². The second kappa shape index (κ2) is 9.99. The molecular weight excluding hydrogens is 495 g/mol. The van der Waals surface area contributed by atoms with Crippen LogP contribution in [-0.2, 0) is 22.4 Å². The number of aliphatic hydroxyl groups excluding tert-OH is 1. The Morgan fingerprint density at radius 2 is 2.09 bits per heavy atom. The molecule has 2 amide bonds. The first kappa shape index (κ1) is 24.8. The lowest BCUT2D eigenvalue weighted by atomic mass is 10.0. The molecule has 7 nitrogen and oxygen atoms in total. The van der Waals surface area contributed by atoms with Gasteiger partial charge in [0.2, 0.25) is 11.8 Å². The van der Waals surface area contributed by atoms with Crippen molar-refractivity contribution < 1.29 is 14.7 Å². The molecule has 1 aromatic carbocycles. The van der Waals surface area contributed by atoms with Gasteiger partial charge in [0.05, 0.1) is 40.4 Å². The molecule has 0 aliphatic heterocycles. The summed E-state index contributed by atoms with van der Waals surface area (Å²) in [6.07, 6.45) is 0.739. The minimum absolute atomic E-state index is 0. The van der Waals surface area contributed by atoms with E-state index in [4.69, 9.17) is 28.9 Å². The van der Waals surface area contributed by atoms with Crippen molar-refractivity contribution in [2.24, 2.45) is 5.73 Å². The maximum atomic E-state index is 12.8. The van der Waals surface area contributed by atoms with E-state index < -0.39 is 12.6 Å². The minimum atomic E-state index is -1.00. The van der Waals surface area contributed by atoms with Gasteiger partial charge in [-0.15, -0.1) is 23.7 Å². The molecule has 4 rings (SSSR count). The molecular formula is C21H23Cl3N4O3S. The molecule has 11 heteroatoms. The second-order valence-corrected chi connectivity index (χ2v) is 9.69. The molecule has 3 aromatic rings. The fraction of sp³-hybridized carbons (Fsp3) is 0.333. The van der Waals surface area contributed by atoms with E-state index in [2.05, 4.69) is 10.3 Å². The number of aromatic nitrogens is 1. The lowest BCUT2D eigenvalue weighted by Gasteiger charge is -2.32. The first-order valence-corrected chi connectivity index (χ1v) is 11.3. The van der Waals surface area contributed by atoms with Gasteiger partial charge >= 0.3 is 0 Å². The molecule has 5 N–H and O–H groups in total. The van der Waals surface area contributed by atoms with Gasteiger partial charge < -0.3 is 26.0 Å². The van der Waals surface area contributed by atoms with Gasteiger partial charge in [0, 0.05) is 12.7 Å². The number of nitrogens with one attached hydrogen (secondary N) is 2. The number of carbonyl (C=O) groups is 2. The quantitative estimate of drug-likeness (QED) is 0.403. The van der Waals surface area contributed by atoms with Gasteiger partial charge in [-0.3, -0.25) is 9.59 Å². The van der Waals surface area contributed by atoms with E-state index in [1.807, 2.05) is 30.3 Å². The van der Waals surface area contributed by atoms with Gasteiger partial charge in [-0.05, 0) is 23.6 Å². The third-order valence-corrected chi connectivity index (χ3v) is 7.53. The highest BCUT2D eigenvalue weighted by atomic mass is 35.5. The zero-order valence-electron chi connectivity index (χ0n) is 17.1. The van der Waals surface area contributed by atoms with E-state index in [1.54, 1.807) is 7.05 Å². The number of amides is 2. The van der Waals surface area contributed by atoms with Crippen molar-refractivity contribution in [1.82, 2.24) is 15.2 Å². The molecule has 172 valence electrons. The zero-order valence-corrected chi connectivity index (χ0v) is 20.2. The Balaban J connectivity index is 0.00000289. The van der Waals surface area contributed by atoms with E-state index in [0.717, 1.165) is 27.0 Å². The Kier molecular flexibility index (Phi) is 7.75. The summed E-state index contributed by atoms with van der Waals surface area (Å²) >= 11 is 13.6. The van der Waals surface area contributed by atoms with Gasteiger partial charge in [0.25, 0.3) is 0 Å². The molecule has 0 bridgehead atoms. The lowest BCUT2D eigenvalue weighted by Crippen LogP contribution is -2.50. The molecule has 32 heavy (non-hydrogen) atoms. The zero-order chi connectivity index (χ0) is 22.3. The molecule has 0 saturated carbocycles. The van der Waals surface area contributed by atoms with Gasteiger partial charge in [0.1, 0.15) is 10.4 Å². The minimum Gasteiger partial charge on any atom is -0.394 e. The van der Waals surface area contributed by atoms with E-state index >= 15 is 0 Å². The molecule has 2 aromatic heterocycles. The van der Waals surface area contributed by atoms with Crippen molar-refractivity contribution in [3.8, 4) is 0 Å². The number of nitrogens with two attached hydrogens (primary N) is 1. The summed E-state index contributed by atoms with van der Waals surface area (Å²) < 4.78 is 1.41. The number of fused-ring (bicyclic) bond motifs is 2. The van der Waals surface area contributed by atoms with Crippen molar-refractivity contribution in [3.05, 3.63) is 56.5 Å². The predicted molar refractivity (Wildman–Crippen MR) is 130 cm³/mol. The Bertz CT molecular complexity index is 1150. The van der Waals surface area contributed by atoms with Crippen LogP contribution >= 0.6 is 46.9 Å². The molecule has 0 radical (unpaired) electrons. The predicted octanol–water partition coefficient (Wildman–Crippen LogP) is 3.06. The topological polar surface area (TPSA) is 111 Å². The summed E-state index contributed by atoms with van der Waals surface area (Å²) in [6, 6.07) is 7.97. The fourth-order valence-corrected chi connectivity index (χ4v) is 5.66. The van der Waals surface area contributed by atoms with Crippen LogP contribution in [0.4, 0.5) is 0 Å². The lowest BCUT2D eigenvalue weighted by molar-refractivity contribution is -0.135. The third-order valence-electron chi connectivity index (χ3n) is 5.60. The fourth-order valence-electron chi connectivity index (χ4n) is 4.16. The van der Waals surface area contributed by atoms with Crippen LogP contribution in [0.3, 0.4) is 0 Å². The molecule has 0 saturated heterocycles. The first-order valence-electron chi connectivity index (χ1n) is 9.75. The molecule has 3 atom stereocenters. The molecule has 0 spiro atoms. The maximum Gasteiger partial charge on any atom is 0.242 e. The van der Waals surface area contributed by atoms with Crippen LogP contribution < -0.4 is 11.1 Å². The van der Waals surface area contributed by atoms with Gasteiger partial charge in [-0.1, -0.05) is 47.5 Å². The average molecular weight is 518 g/mol. The van der Waals surface area contributed by atoms with Crippen LogP contribution in [0.5, 0.6) is 0 Å². The van der Waals surface area contributed by atoms with Crippen LogP contribution in [0.15, 0.2) is 30.3 Å². The molecule has 0 unspecified atom stereocenters. The monoisotopic (exact) mass is 516 g/mol. The van der Waals surface area contributed by atoms with Gasteiger partial charge in [-0.2, -0.15) is 0 Å². The normalized spacial score (nSPS) is 18.2. The molecule has 1 aliphatic carbocycles. The molecule has 1 aliphatic rings. The average Bonchev–Trinajstić information content (AvgIpc) is 3.38. The van der Waals surface area contributed by atoms with Crippen molar-refractivity contribution >= 4 is 69.0 Å². The van der Waals surface area contributed by atoms with Crippen LogP contribution in [0.1, 0.15) is 22.9 Å². The summed E-state index contributed by atoms with van der Waals surface area (Å²) in [5.74, 6) is -0.550. The number of carbonyl (C=O) groups excluding carboxylic acids is 2. The highest BCUT2D eigenvalue weighted by Gasteiger charge is 2.38. The number of aliphatic hydroxyl groups is 1. The van der Waals surface area contributed by atoms with Crippen LogP contribution in [0.25, 0.3) is 10.2 Å². The number of rotatable bonds is 6. The largest absolute Gasteiger partial charge is 0.394 e. The van der Waals surface area contributed by atoms with E-state index in [-0.39, 0.29) is 42.7 Å². The SMILES string of the molecule is CN(C(=O)[C@@H](N)CO)[C@@H]1c2ccccc2C[C@H]1NC(=O)Cc1cc2sc(Cl)c(Cl)c2[nH]1.Cl. The highest BCUT2D eigenvalue weighted by Crippen LogP contribution is 2.39. The second-order valence-electron chi connectivity index (χ2n) is 7.66. The number of benzene rings is 1. The summed E-state index contributed by atoms with van der Waals surface area (Å²) in [5.41, 5.74) is 9.25. The number of likely N-dealkylation sites (N-methyl/N-ethyl adjacent to an activating group) is 1. The van der Waals surface area contributed by atoms with Crippen molar-refractivity contribution in [3.63, 3.8) is 0 Å². The number of halogens is 3.